The predicted octanol–water partition coefficient (Wildman–Crippen LogP) is 3.26. The van der Waals surface area contributed by atoms with Crippen LogP contribution >= 0.6 is 0 Å². The van der Waals surface area contributed by atoms with Crippen LogP contribution in [-0.4, -0.2) is 29.5 Å². The van der Waals surface area contributed by atoms with E-state index in [1.807, 2.05) is 0 Å². The zero-order valence-corrected chi connectivity index (χ0v) is 13.3. The molecule has 6 nitrogen and oxygen atoms in total. The largest absolute Gasteiger partial charge is 0.489 e. The Bertz CT molecular complexity index is 696. The quantitative estimate of drug-likeness (QED) is 0.839. The Kier molecular flexibility index (Phi) is 4.34. The number of aromatic nitrogens is 2. The number of hydrogen-bond donors (Lipinski definition) is 1. The Labute approximate surface area is 139 Å². The molecule has 0 radical (unpaired) electrons. The number of anilines is 1. The molecule has 2 aromatic rings. The van der Waals surface area contributed by atoms with Crippen LogP contribution in [0.3, 0.4) is 0 Å². The van der Waals surface area contributed by atoms with E-state index in [0.717, 1.165) is 32.3 Å². The first-order valence-corrected chi connectivity index (χ1v) is 8.38. The van der Waals surface area contributed by atoms with E-state index in [0.29, 0.717) is 42.2 Å². The molecule has 2 aliphatic rings. The van der Waals surface area contributed by atoms with Gasteiger partial charge in [-0.25, -0.2) is 4.39 Å². The molecule has 24 heavy (non-hydrogen) atoms. The van der Waals surface area contributed by atoms with Crippen LogP contribution in [0.2, 0.25) is 0 Å². The van der Waals surface area contributed by atoms with E-state index in [9.17, 15) is 4.39 Å². The molecule has 2 heterocycles. The van der Waals surface area contributed by atoms with Crippen molar-refractivity contribution in [1.29, 1.82) is 0 Å². The Balaban J connectivity index is 1.39. The van der Waals surface area contributed by atoms with E-state index in [4.69, 9.17) is 14.0 Å². The molecule has 128 valence electrons. The summed E-state index contributed by atoms with van der Waals surface area (Å²) in [5.74, 6) is 1.95. The number of nitrogens with zero attached hydrogens (tertiary/aromatic N) is 2. The lowest BCUT2D eigenvalue weighted by Crippen LogP contribution is -2.17. The van der Waals surface area contributed by atoms with Crippen LogP contribution in [0.25, 0.3) is 0 Å². The minimum atomic E-state index is -0.325. The summed E-state index contributed by atoms with van der Waals surface area (Å²) >= 11 is 0. The first kappa shape index (κ1) is 15.4. The van der Waals surface area contributed by atoms with Gasteiger partial charge >= 0.3 is 0 Å². The first-order chi connectivity index (χ1) is 11.8. The summed E-state index contributed by atoms with van der Waals surface area (Å²) in [7, 11) is 0. The summed E-state index contributed by atoms with van der Waals surface area (Å²) in [4.78, 5) is 4.35. The number of benzene rings is 1. The van der Waals surface area contributed by atoms with Gasteiger partial charge in [0, 0.05) is 18.6 Å². The molecule has 1 aliphatic carbocycles. The van der Waals surface area contributed by atoms with Crippen molar-refractivity contribution in [2.75, 3.05) is 18.5 Å². The van der Waals surface area contributed by atoms with E-state index in [2.05, 4.69) is 15.5 Å². The average Bonchev–Trinajstić information content (AvgIpc) is 3.10. The molecular formula is C17H20FN3O3. The molecule has 1 aromatic carbocycles. The Morgan fingerprint density at radius 2 is 2.21 bits per heavy atom. The van der Waals surface area contributed by atoms with Crippen LogP contribution in [0.15, 0.2) is 22.7 Å². The molecule has 7 heteroatoms. The van der Waals surface area contributed by atoms with Crippen LogP contribution in [0, 0.1) is 5.82 Å². The van der Waals surface area contributed by atoms with E-state index < -0.39 is 0 Å². The van der Waals surface area contributed by atoms with Crippen LogP contribution in [0.5, 0.6) is 5.75 Å². The third-order valence-corrected chi connectivity index (χ3v) is 4.24. The van der Waals surface area contributed by atoms with Crippen molar-refractivity contribution in [3.63, 3.8) is 0 Å². The molecule has 0 amide bonds. The fourth-order valence-corrected chi connectivity index (χ4v) is 2.73. The third-order valence-electron chi connectivity index (χ3n) is 4.24. The van der Waals surface area contributed by atoms with Gasteiger partial charge in [0.1, 0.15) is 18.2 Å². The summed E-state index contributed by atoms with van der Waals surface area (Å²) in [5.41, 5.74) is 0.575. The minimum Gasteiger partial charge on any atom is -0.489 e. The second-order valence-corrected chi connectivity index (χ2v) is 6.26. The molecule has 2 fully saturated rings. The molecule has 1 aliphatic heterocycles. The van der Waals surface area contributed by atoms with Gasteiger partial charge in [-0.2, -0.15) is 4.98 Å². The highest BCUT2D eigenvalue weighted by Gasteiger charge is 2.29. The maximum atomic E-state index is 13.6. The maximum Gasteiger partial charge on any atom is 0.229 e. The number of ether oxygens (including phenoxy) is 2. The van der Waals surface area contributed by atoms with Crippen LogP contribution in [0.4, 0.5) is 10.1 Å². The van der Waals surface area contributed by atoms with Crippen molar-refractivity contribution in [3.8, 4) is 5.75 Å². The first-order valence-electron chi connectivity index (χ1n) is 8.38. The smallest absolute Gasteiger partial charge is 0.229 e. The van der Waals surface area contributed by atoms with Crippen molar-refractivity contribution in [2.45, 2.75) is 44.2 Å². The van der Waals surface area contributed by atoms with Crippen molar-refractivity contribution in [1.82, 2.24) is 10.1 Å². The van der Waals surface area contributed by atoms with Crippen LogP contribution in [-0.2, 0) is 11.3 Å². The fourth-order valence-electron chi connectivity index (χ4n) is 2.73. The van der Waals surface area contributed by atoms with Gasteiger partial charge in [0.25, 0.3) is 0 Å². The molecule has 0 unspecified atom stereocenters. The lowest BCUT2D eigenvalue weighted by Gasteiger charge is -2.15. The topological polar surface area (TPSA) is 69.4 Å². The number of hydrogen-bond acceptors (Lipinski definition) is 6. The number of nitrogens with one attached hydrogen (secondary N) is 1. The summed E-state index contributed by atoms with van der Waals surface area (Å²) in [5, 5.41) is 7.08. The molecule has 1 N–H and O–H groups in total. The zero-order valence-electron chi connectivity index (χ0n) is 13.3. The molecule has 0 spiro atoms. The number of halogens is 1. The Morgan fingerprint density at radius 3 is 3.00 bits per heavy atom. The highest BCUT2D eigenvalue weighted by molar-refractivity contribution is 5.56. The zero-order chi connectivity index (χ0) is 16.4. The second-order valence-electron chi connectivity index (χ2n) is 6.26. The van der Waals surface area contributed by atoms with E-state index in [1.165, 1.54) is 12.1 Å². The highest BCUT2D eigenvalue weighted by atomic mass is 19.1. The molecular weight excluding hydrogens is 313 g/mol. The predicted molar refractivity (Wildman–Crippen MR) is 84.5 cm³/mol. The van der Waals surface area contributed by atoms with Gasteiger partial charge in [-0.1, -0.05) is 5.16 Å². The monoisotopic (exact) mass is 333 g/mol. The summed E-state index contributed by atoms with van der Waals surface area (Å²) in [6.07, 6.45) is 4.39. The van der Waals surface area contributed by atoms with Crippen molar-refractivity contribution in [2.24, 2.45) is 0 Å². The lowest BCUT2D eigenvalue weighted by molar-refractivity contribution is 0.0682. The summed E-state index contributed by atoms with van der Waals surface area (Å²) < 4.78 is 30.1. The van der Waals surface area contributed by atoms with E-state index in [1.54, 1.807) is 6.07 Å². The summed E-state index contributed by atoms with van der Waals surface area (Å²) in [6, 6.07) is 4.42. The van der Waals surface area contributed by atoms with Crippen molar-refractivity contribution >= 4 is 5.69 Å². The van der Waals surface area contributed by atoms with Gasteiger partial charge in [-0.3, -0.25) is 0 Å². The molecule has 0 bridgehead atoms. The minimum absolute atomic E-state index is 0.112. The van der Waals surface area contributed by atoms with Crippen molar-refractivity contribution in [3.05, 3.63) is 35.7 Å². The third kappa shape index (κ3) is 3.67. The van der Waals surface area contributed by atoms with Crippen LogP contribution in [0.1, 0.15) is 43.3 Å². The molecule has 1 atom stereocenters. The molecule has 1 saturated heterocycles. The number of rotatable bonds is 7. The maximum absolute atomic E-state index is 13.6. The van der Waals surface area contributed by atoms with Gasteiger partial charge in [-0.05, 0) is 37.8 Å². The van der Waals surface area contributed by atoms with E-state index >= 15 is 0 Å². The van der Waals surface area contributed by atoms with Gasteiger partial charge < -0.3 is 19.3 Å². The molecule has 4 rings (SSSR count). The van der Waals surface area contributed by atoms with Crippen LogP contribution < -0.4 is 10.1 Å². The van der Waals surface area contributed by atoms with Gasteiger partial charge in [0.15, 0.2) is 5.82 Å². The Hall–Kier alpha value is -2.15. The Morgan fingerprint density at radius 1 is 1.29 bits per heavy atom. The van der Waals surface area contributed by atoms with Crippen molar-refractivity contribution < 1.29 is 18.4 Å². The fraction of sp³-hybridized carbons (Fsp3) is 0.529. The average molecular weight is 333 g/mol. The molecule has 1 saturated carbocycles. The highest BCUT2D eigenvalue weighted by Crippen LogP contribution is 2.38. The lowest BCUT2D eigenvalue weighted by atomic mass is 10.2. The second kappa shape index (κ2) is 6.76. The SMILES string of the molecule is Fc1ccc(OC[C@@H]2CCCO2)c(NCc2noc(C3CC3)n2)c1. The normalized spacial score (nSPS) is 20.3. The van der Waals surface area contributed by atoms with Gasteiger partial charge in [0.2, 0.25) is 5.89 Å². The van der Waals surface area contributed by atoms with Gasteiger partial charge in [0.05, 0.1) is 18.3 Å². The summed E-state index contributed by atoms with van der Waals surface area (Å²) in [6.45, 7) is 1.61. The van der Waals surface area contributed by atoms with Gasteiger partial charge in [-0.15, -0.1) is 0 Å². The molecule has 1 aromatic heterocycles. The standard InChI is InChI=1S/C17H20FN3O3/c18-12-5-6-15(23-10-13-2-1-7-22-13)14(8-12)19-9-16-20-17(24-21-16)11-3-4-11/h5-6,8,11,13,19H,1-4,7,9-10H2/t13-/m0/s1. The van der Waals surface area contributed by atoms with E-state index in [-0.39, 0.29) is 11.9 Å².